The minimum atomic E-state index is 0.0824. The van der Waals surface area contributed by atoms with Gasteiger partial charge in [-0.2, -0.15) is 0 Å². The number of hydrogen-bond acceptors (Lipinski definition) is 4. The smallest absolute Gasteiger partial charge is 0.114 e. The van der Waals surface area contributed by atoms with Crippen LogP contribution >= 0.6 is 11.3 Å². The Balaban J connectivity index is 2.38. The molecule has 114 valence electrons. The number of ether oxygens (including phenoxy) is 1. The maximum Gasteiger partial charge on any atom is 0.114 e. The highest BCUT2D eigenvalue weighted by Crippen LogP contribution is 2.31. The van der Waals surface area contributed by atoms with Crippen molar-refractivity contribution in [1.82, 2.24) is 10.3 Å². The molecule has 21 heavy (non-hydrogen) atoms. The Hall–Kier alpha value is -1.23. The molecular formula is C17H24N2OS. The molecule has 0 saturated heterocycles. The number of thiazole rings is 1. The maximum absolute atomic E-state index is 5.31. The van der Waals surface area contributed by atoms with Gasteiger partial charge in [0.2, 0.25) is 0 Å². The zero-order valence-electron chi connectivity index (χ0n) is 13.4. The molecule has 4 heteroatoms. The van der Waals surface area contributed by atoms with Crippen LogP contribution in [0.3, 0.4) is 0 Å². The quantitative estimate of drug-likeness (QED) is 0.910. The summed E-state index contributed by atoms with van der Waals surface area (Å²) in [6.45, 7) is 7.20. The summed E-state index contributed by atoms with van der Waals surface area (Å²) in [6.07, 6.45) is 0. The van der Waals surface area contributed by atoms with Gasteiger partial charge < -0.3 is 10.1 Å². The lowest BCUT2D eigenvalue weighted by molar-refractivity contribution is 0.184. The van der Waals surface area contributed by atoms with Gasteiger partial charge in [-0.1, -0.05) is 45.0 Å². The van der Waals surface area contributed by atoms with Gasteiger partial charge in [-0.3, -0.25) is 0 Å². The van der Waals surface area contributed by atoms with Crippen molar-refractivity contribution in [1.29, 1.82) is 0 Å². The molecule has 0 aliphatic heterocycles. The summed E-state index contributed by atoms with van der Waals surface area (Å²) >= 11 is 1.72. The minimum absolute atomic E-state index is 0.0824. The molecule has 0 saturated carbocycles. The summed E-state index contributed by atoms with van der Waals surface area (Å²) in [5.41, 5.74) is 3.66. The first-order valence-corrected chi connectivity index (χ1v) is 8.05. The summed E-state index contributed by atoms with van der Waals surface area (Å²) in [5, 5.41) is 6.66. The molecule has 0 radical (unpaired) electrons. The summed E-state index contributed by atoms with van der Waals surface area (Å²) in [4.78, 5) is 4.85. The van der Waals surface area contributed by atoms with Crippen molar-refractivity contribution < 1.29 is 4.74 Å². The Morgan fingerprint density at radius 1 is 1.29 bits per heavy atom. The van der Waals surface area contributed by atoms with Gasteiger partial charge in [-0.15, -0.1) is 11.3 Å². The molecule has 1 N–H and O–H groups in total. The third-order valence-corrected chi connectivity index (χ3v) is 4.40. The fraction of sp³-hybridized carbons (Fsp3) is 0.471. The van der Waals surface area contributed by atoms with Crippen molar-refractivity contribution in [3.05, 3.63) is 51.5 Å². The lowest BCUT2D eigenvalue weighted by atomic mass is 9.93. The van der Waals surface area contributed by atoms with E-state index in [1.54, 1.807) is 18.4 Å². The third-order valence-electron chi connectivity index (χ3n) is 3.49. The Bertz CT molecular complexity index is 586. The van der Waals surface area contributed by atoms with Gasteiger partial charge in [0, 0.05) is 17.9 Å². The van der Waals surface area contributed by atoms with Gasteiger partial charge in [-0.05, 0) is 18.2 Å². The second kappa shape index (κ2) is 6.69. The molecule has 2 aromatic rings. The number of nitrogens with zero attached hydrogens (tertiary/aromatic N) is 1. The van der Waals surface area contributed by atoms with Crippen LogP contribution in [-0.4, -0.2) is 19.1 Å². The zero-order valence-corrected chi connectivity index (χ0v) is 14.3. The molecule has 0 amide bonds. The highest BCUT2D eigenvalue weighted by Gasteiger charge is 2.22. The zero-order chi connectivity index (χ0) is 15.5. The monoisotopic (exact) mass is 304 g/mol. The lowest BCUT2D eigenvalue weighted by Crippen LogP contribution is -2.20. The normalized spacial score (nSPS) is 13.4. The summed E-state index contributed by atoms with van der Waals surface area (Å²) < 4.78 is 5.31. The average molecular weight is 304 g/mol. The number of benzene rings is 1. The number of aromatic nitrogens is 1. The first-order chi connectivity index (χ1) is 9.97. The largest absolute Gasteiger partial charge is 0.380 e. The second-order valence-electron chi connectivity index (χ2n) is 6.17. The van der Waals surface area contributed by atoms with Gasteiger partial charge in [0.1, 0.15) is 5.01 Å². The van der Waals surface area contributed by atoms with Crippen molar-refractivity contribution in [3.8, 4) is 0 Å². The Morgan fingerprint density at radius 3 is 2.57 bits per heavy atom. The predicted octanol–water partition coefficient (Wildman–Crippen LogP) is 3.90. The topological polar surface area (TPSA) is 34.2 Å². The Kier molecular flexibility index (Phi) is 5.14. The maximum atomic E-state index is 5.31. The SMILES string of the molecule is CNC(c1nc(C(C)(C)C)cs1)c1ccccc1COC. The molecule has 0 fully saturated rings. The van der Waals surface area contributed by atoms with Gasteiger partial charge in [0.25, 0.3) is 0 Å². The summed E-state index contributed by atoms with van der Waals surface area (Å²) in [6, 6.07) is 8.48. The highest BCUT2D eigenvalue weighted by molar-refractivity contribution is 7.09. The van der Waals surface area contributed by atoms with E-state index in [1.807, 2.05) is 13.1 Å². The van der Waals surface area contributed by atoms with Gasteiger partial charge in [0.05, 0.1) is 18.3 Å². The Labute approximate surface area is 131 Å². The molecule has 1 heterocycles. The molecule has 1 atom stereocenters. The van der Waals surface area contributed by atoms with Crippen LogP contribution in [0, 0.1) is 0 Å². The van der Waals surface area contributed by atoms with E-state index in [2.05, 4.69) is 49.7 Å². The Morgan fingerprint density at radius 2 is 2.00 bits per heavy atom. The molecule has 2 rings (SSSR count). The highest BCUT2D eigenvalue weighted by atomic mass is 32.1. The summed E-state index contributed by atoms with van der Waals surface area (Å²) in [5.74, 6) is 0. The fourth-order valence-corrected chi connectivity index (χ4v) is 3.45. The predicted molar refractivity (Wildman–Crippen MR) is 88.9 cm³/mol. The van der Waals surface area contributed by atoms with E-state index in [0.29, 0.717) is 6.61 Å². The number of methoxy groups -OCH3 is 1. The first-order valence-electron chi connectivity index (χ1n) is 7.17. The molecular weight excluding hydrogens is 280 g/mol. The van der Waals surface area contributed by atoms with Crippen LogP contribution < -0.4 is 5.32 Å². The molecule has 1 aromatic heterocycles. The molecule has 0 bridgehead atoms. The van der Waals surface area contributed by atoms with Crippen LogP contribution in [0.1, 0.15) is 48.6 Å². The van der Waals surface area contributed by atoms with Crippen LogP contribution in [0.15, 0.2) is 29.6 Å². The van der Waals surface area contributed by atoms with Gasteiger partial charge in [0.15, 0.2) is 0 Å². The molecule has 1 aromatic carbocycles. The first kappa shape index (κ1) is 16.1. The van der Waals surface area contributed by atoms with E-state index in [-0.39, 0.29) is 11.5 Å². The van der Waals surface area contributed by atoms with E-state index in [4.69, 9.17) is 9.72 Å². The molecule has 3 nitrogen and oxygen atoms in total. The van der Waals surface area contributed by atoms with E-state index in [1.165, 1.54) is 11.1 Å². The van der Waals surface area contributed by atoms with Crippen molar-refractivity contribution in [2.75, 3.05) is 14.2 Å². The number of hydrogen-bond donors (Lipinski definition) is 1. The lowest BCUT2D eigenvalue weighted by Gasteiger charge is -2.19. The molecule has 1 unspecified atom stereocenters. The van der Waals surface area contributed by atoms with Crippen molar-refractivity contribution in [3.63, 3.8) is 0 Å². The van der Waals surface area contributed by atoms with Crippen molar-refractivity contribution in [2.24, 2.45) is 0 Å². The number of nitrogens with one attached hydrogen (secondary N) is 1. The minimum Gasteiger partial charge on any atom is -0.380 e. The van der Waals surface area contributed by atoms with E-state index in [0.717, 1.165) is 10.7 Å². The summed E-state index contributed by atoms with van der Waals surface area (Å²) in [7, 11) is 3.71. The van der Waals surface area contributed by atoms with Crippen molar-refractivity contribution >= 4 is 11.3 Å². The molecule has 0 aliphatic carbocycles. The van der Waals surface area contributed by atoms with Gasteiger partial charge in [-0.25, -0.2) is 4.98 Å². The molecule has 0 aliphatic rings. The van der Waals surface area contributed by atoms with Crippen LogP contribution in [0.4, 0.5) is 0 Å². The van der Waals surface area contributed by atoms with E-state index >= 15 is 0 Å². The van der Waals surface area contributed by atoms with Gasteiger partial charge >= 0.3 is 0 Å². The van der Waals surface area contributed by atoms with Crippen LogP contribution in [-0.2, 0) is 16.8 Å². The molecule has 0 spiro atoms. The van der Waals surface area contributed by atoms with Crippen molar-refractivity contribution in [2.45, 2.75) is 38.8 Å². The fourth-order valence-electron chi connectivity index (χ4n) is 2.28. The third kappa shape index (κ3) is 3.70. The van der Waals surface area contributed by atoms with E-state index < -0.39 is 0 Å². The van der Waals surface area contributed by atoms with Crippen LogP contribution in [0.25, 0.3) is 0 Å². The average Bonchev–Trinajstić information content (AvgIpc) is 2.91. The second-order valence-corrected chi connectivity index (χ2v) is 7.06. The number of rotatable bonds is 5. The van der Waals surface area contributed by atoms with Crippen LogP contribution in [0.5, 0.6) is 0 Å². The van der Waals surface area contributed by atoms with E-state index in [9.17, 15) is 0 Å². The standard InChI is InChI=1S/C17H24N2OS/c1-17(2,3)14-11-21-16(19-14)15(18-4)13-9-7-6-8-12(13)10-20-5/h6-9,11,15,18H,10H2,1-5H3. The van der Waals surface area contributed by atoms with Crippen LogP contribution in [0.2, 0.25) is 0 Å².